The molecule has 248 valence electrons. The molecule has 50 heavy (non-hydrogen) atoms. The molecule has 3 aromatic heterocycles. The van der Waals surface area contributed by atoms with E-state index in [9.17, 15) is 4.79 Å². The van der Waals surface area contributed by atoms with Crippen molar-refractivity contribution in [3.05, 3.63) is 149 Å². The summed E-state index contributed by atoms with van der Waals surface area (Å²) >= 11 is 0. The van der Waals surface area contributed by atoms with Gasteiger partial charge in [-0.15, -0.1) is 5.10 Å². The molecule has 0 bridgehead atoms. The van der Waals surface area contributed by atoms with E-state index in [1.807, 2.05) is 49.7 Å². The van der Waals surface area contributed by atoms with E-state index in [0.717, 1.165) is 69.6 Å². The van der Waals surface area contributed by atoms with Crippen LogP contribution in [0.15, 0.2) is 109 Å². The van der Waals surface area contributed by atoms with Crippen LogP contribution in [0.5, 0.6) is 0 Å². The fourth-order valence-electron chi connectivity index (χ4n) is 7.51. The van der Waals surface area contributed by atoms with Crippen molar-refractivity contribution in [2.24, 2.45) is 5.92 Å². The maximum absolute atomic E-state index is 13.0. The van der Waals surface area contributed by atoms with Crippen LogP contribution in [0, 0.1) is 12.8 Å². The van der Waals surface area contributed by atoms with E-state index in [0.29, 0.717) is 11.5 Å². The standard InChI is InChI=1S/C42H39N7O/c1-5-37-44-38-27(4)24-35(40(50)26(2)3)43-42(38)48(37)36-23-21-31-25-30(20-22-33(31)36)32-18-12-13-19-34(32)41-45-46-47-49(41)39(28-14-8-6-9-15-28)29-16-10-7-11-17-29/h6-20,22,24-26,36,39H,5,21,23H2,1-4H3/t36-/m0/s1. The van der Waals surface area contributed by atoms with Crippen LogP contribution in [0.2, 0.25) is 0 Å². The Labute approximate surface area is 291 Å². The molecule has 0 saturated carbocycles. The van der Waals surface area contributed by atoms with Gasteiger partial charge in [-0.1, -0.05) is 124 Å². The molecule has 1 aliphatic carbocycles. The number of pyridine rings is 1. The van der Waals surface area contributed by atoms with E-state index in [1.54, 1.807) is 0 Å². The minimum Gasteiger partial charge on any atom is -0.305 e. The Kier molecular flexibility index (Phi) is 8.15. The minimum atomic E-state index is -0.192. The molecule has 1 aliphatic rings. The molecular weight excluding hydrogens is 619 g/mol. The van der Waals surface area contributed by atoms with E-state index < -0.39 is 0 Å². The molecule has 8 heteroatoms. The molecule has 8 nitrogen and oxygen atoms in total. The monoisotopic (exact) mass is 657 g/mol. The summed E-state index contributed by atoms with van der Waals surface area (Å²) in [5.41, 5.74) is 11.2. The molecule has 1 atom stereocenters. The van der Waals surface area contributed by atoms with Gasteiger partial charge in [0.1, 0.15) is 23.1 Å². The number of nitrogens with zero attached hydrogens (tertiary/aromatic N) is 7. The average Bonchev–Trinajstić information content (AvgIpc) is 3.89. The summed E-state index contributed by atoms with van der Waals surface area (Å²) in [4.78, 5) is 23.0. The highest BCUT2D eigenvalue weighted by atomic mass is 16.1. The number of benzene rings is 4. The summed E-state index contributed by atoms with van der Waals surface area (Å²) in [7, 11) is 0. The molecule has 0 saturated heterocycles. The number of hydrogen-bond donors (Lipinski definition) is 0. The maximum Gasteiger partial charge on any atom is 0.183 e. The summed E-state index contributed by atoms with van der Waals surface area (Å²) in [5, 5.41) is 13.4. The molecule has 0 spiro atoms. The van der Waals surface area contributed by atoms with Crippen molar-refractivity contribution in [2.45, 2.75) is 59.0 Å². The van der Waals surface area contributed by atoms with Crippen LogP contribution in [0.25, 0.3) is 33.7 Å². The summed E-state index contributed by atoms with van der Waals surface area (Å²) in [6.45, 7) is 8.01. The zero-order chi connectivity index (χ0) is 34.4. The first-order chi connectivity index (χ1) is 24.4. The van der Waals surface area contributed by atoms with Gasteiger partial charge in [0.05, 0.1) is 6.04 Å². The van der Waals surface area contributed by atoms with Gasteiger partial charge in [-0.05, 0) is 75.2 Å². The lowest BCUT2D eigenvalue weighted by Crippen LogP contribution is -2.15. The number of hydrogen-bond acceptors (Lipinski definition) is 6. The molecule has 0 N–H and O–H groups in total. The Morgan fingerprint density at radius 3 is 2.20 bits per heavy atom. The lowest BCUT2D eigenvalue weighted by atomic mass is 9.94. The largest absolute Gasteiger partial charge is 0.305 e. The van der Waals surface area contributed by atoms with Gasteiger partial charge >= 0.3 is 0 Å². The van der Waals surface area contributed by atoms with Gasteiger partial charge in [-0.3, -0.25) is 4.79 Å². The van der Waals surface area contributed by atoms with Crippen molar-refractivity contribution in [1.29, 1.82) is 0 Å². The number of aryl methyl sites for hydroxylation is 3. The number of fused-ring (bicyclic) bond motifs is 2. The fourth-order valence-corrected chi connectivity index (χ4v) is 7.51. The van der Waals surface area contributed by atoms with Gasteiger partial charge in [0.15, 0.2) is 17.3 Å². The fraction of sp³-hybridized carbons (Fsp3) is 0.238. The predicted octanol–water partition coefficient (Wildman–Crippen LogP) is 8.63. The number of ketones is 1. The van der Waals surface area contributed by atoms with E-state index >= 15 is 0 Å². The SMILES string of the molecule is CCc1nc2c(C)cc(C(=O)C(C)C)nc2n1[C@H]1CCc2cc(-c3ccccc3-c3nnnn3C(c3ccccc3)c3ccccc3)ccc21. The van der Waals surface area contributed by atoms with Crippen molar-refractivity contribution in [3.8, 4) is 22.5 Å². The highest BCUT2D eigenvalue weighted by Crippen LogP contribution is 2.41. The van der Waals surface area contributed by atoms with Crippen molar-refractivity contribution in [3.63, 3.8) is 0 Å². The maximum atomic E-state index is 13.0. The third-order valence-corrected chi connectivity index (χ3v) is 9.95. The highest BCUT2D eigenvalue weighted by Gasteiger charge is 2.30. The summed E-state index contributed by atoms with van der Waals surface area (Å²) in [6.07, 6.45) is 2.66. The third kappa shape index (κ3) is 5.41. The number of Topliss-reactive ketones (excluding diaryl/α,β-unsaturated/α-hetero) is 1. The topological polar surface area (TPSA) is 91.4 Å². The first-order valence-corrected chi connectivity index (χ1v) is 17.5. The molecule has 0 radical (unpaired) electrons. The number of imidazole rings is 1. The van der Waals surface area contributed by atoms with Crippen LogP contribution in [0.4, 0.5) is 0 Å². The molecule has 8 rings (SSSR count). The second kappa shape index (κ2) is 12.9. The lowest BCUT2D eigenvalue weighted by molar-refractivity contribution is 0.0934. The lowest BCUT2D eigenvalue weighted by Gasteiger charge is -2.20. The molecular formula is C42H39N7O. The van der Waals surface area contributed by atoms with Gasteiger partial charge in [0.25, 0.3) is 0 Å². The van der Waals surface area contributed by atoms with Crippen molar-refractivity contribution in [2.75, 3.05) is 0 Å². The van der Waals surface area contributed by atoms with Gasteiger partial charge in [0.2, 0.25) is 0 Å². The minimum absolute atomic E-state index is 0.0563. The first-order valence-electron chi connectivity index (χ1n) is 17.5. The van der Waals surface area contributed by atoms with Crippen molar-refractivity contribution in [1.82, 2.24) is 34.7 Å². The van der Waals surface area contributed by atoms with Crippen molar-refractivity contribution >= 4 is 16.9 Å². The Bertz CT molecular complexity index is 2300. The molecule has 0 amide bonds. The van der Waals surface area contributed by atoms with E-state index in [2.05, 4.69) is 112 Å². The number of carbonyl (C=O) groups excluding carboxylic acids is 1. The van der Waals surface area contributed by atoms with Crippen molar-refractivity contribution < 1.29 is 4.79 Å². The summed E-state index contributed by atoms with van der Waals surface area (Å²) in [6, 6.07) is 37.8. The smallest absolute Gasteiger partial charge is 0.183 e. The summed E-state index contributed by atoms with van der Waals surface area (Å²) in [5.74, 6) is 1.64. The Morgan fingerprint density at radius 1 is 0.840 bits per heavy atom. The highest BCUT2D eigenvalue weighted by molar-refractivity contribution is 5.97. The molecule has 3 heterocycles. The second-order valence-electron chi connectivity index (χ2n) is 13.5. The summed E-state index contributed by atoms with van der Waals surface area (Å²) < 4.78 is 4.23. The van der Waals surface area contributed by atoms with Crippen LogP contribution in [-0.2, 0) is 12.8 Å². The molecule has 0 unspecified atom stereocenters. The molecule has 4 aromatic carbocycles. The molecule has 0 fully saturated rings. The number of aromatic nitrogens is 7. The third-order valence-electron chi connectivity index (χ3n) is 9.95. The molecule has 0 aliphatic heterocycles. The van der Waals surface area contributed by atoms with Gasteiger partial charge < -0.3 is 4.57 Å². The quantitative estimate of drug-likeness (QED) is 0.144. The number of tetrazole rings is 1. The second-order valence-corrected chi connectivity index (χ2v) is 13.5. The van der Waals surface area contributed by atoms with Crippen LogP contribution in [0.3, 0.4) is 0 Å². The Morgan fingerprint density at radius 2 is 1.52 bits per heavy atom. The van der Waals surface area contributed by atoms with Crippen LogP contribution < -0.4 is 0 Å². The molecule has 7 aromatic rings. The van der Waals surface area contributed by atoms with E-state index in [4.69, 9.17) is 9.97 Å². The van der Waals surface area contributed by atoms with Gasteiger partial charge in [-0.2, -0.15) is 0 Å². The Hall–Kier alpha value is -5.76. The van der Waals surface area contributed by atoms with Gasteiger partial charge in [0, 0.05) is 17.9 Å². The number of carbonyl (C=O) groups is 1. The Balaban J connectivity index is 1.20. The van der Waals surface area contributed by atoms with Crippen LogP contribution in [-0.4, -0.2) is 40.5 Å². The normalized spacial score (nSPS) is 14.2. The predicted molar refractivity (Wildman–Crippen MR) is 196 cm³/mol. The van der Waals surface area contributed by atoms with Crippen LogP contribution >= 0.6 is 0 Å². The zero-order valence-corrected chi connectivity index (χ0v) is 28.8. The van der Waals surface area contributed by atoms with Crippen LogP contribution in [0.1, 0.15) is 83.4 Å². The van der Waals surface area contributed by atoms with Gasteiger partial charge in [-0.25, -0.2) is 14.6 Å². The van der Waals surface area contributed by atoms with E-state index in [1.165, 1.54) is 11.1 Å². The number of rotatable bonds is 9. The average molecular weight is 658 g/mol. The van der Waals surface area contributed by atoms with E-state index in [-0.39, 0.29) is 23.8 Å². The zero-order valence-electron chi connectivity index (χ0n) is 28.8. The first kappa shape index (κ1) is 31.5.